The molecule has 0 radical (unpaired) electrons. The Hall–Kier alpha value is -2.29. The van der Waals surface area contributed by atoms with Crippen LogP contribution in [0.15, 0.2) is 48.5 Å². The molecule has 2 rings (SSSR count). The van der Waals surface area contributed by atoms with E-state index in [-0.39, 0.29) is 0 Å². The van der Waals surface area contributed by atoms with Crippen molar-refractivity contribution < 1.29 is 9.53 Å². The molecule has 0 bridgehead atoms. The number of aryl methyl sites for hydroxylation is 1. The largest absolute Gasteiger partial charge is 0.463 e. The second-order valence-electron chi connectivity index (χ2n) is 4.45. The first-order valence-electron chi connectivity index (χ1n) is 7.21. The smallest absolute Gasteiger partial charge is 0.293 e. The van der Waals surface area contributed by atoms with E-state index in [9.17, 15) is 4.79 Å². The quantitative estimate of drug-likeness (QED) is 0.804. The van der Waals surface area contributed by atoms with E-state index in [4.69, 9.17) is 4.74 Å². The third kappa shape index (κ3) is 6.13. The summed E-state index contributed by atoms with van der Waals surface area (Å²) in [6.07, 6.45) is 0. The van der Waals surface area contributed by atoms with Gasteiger partial charge in [-0.05, 0) is 30.2 Å². The van der Waals surface area contributed by atoms with Crippen molar-refractivity contribution in [2.24, 2.45) is 0 Å². The first-order chi connectivity index (χ1) is 10.3. The first kappa shape index (κ1) is 16.8. The van der Waals surface area contributed by atoms with Gasteiger partial charge in [0, 0.05) is 12.2 Å². The first-order valence-corrected chi connectivity index (χ1v) is 7.21. The van der Waals surface area contributed by atoms with E-state index in [1.165, 1.54) is 11.1 Å². The Morgan fingerprint density at radius 1 is 1.05 bits per heavy atom. The van der Waals surface area contributed by atoms with Crippen LogP contribution in [0.2, 0.25) is 0 Å². The molecular formula is C18H23NO2. The second-order valence-corrected chi connectivity index (χ2v) is 4.45. The molecule has 0 unspecified atom stereocenters. The highest BCUT2D eigenvalue weighted by Crippen LogP contribution is 2.12. The van der Waals surface area contributed by atoms with Crippen LogP contribution < -0.4 is 5.32 Å². The fourth-order valence-corrected chi connectivity index (χ4v) is 1.88. The number of anilines is 1. The highest BCUT2D eigenvalue weighted by Gasteiger charge is 1.96. The van der Waals surface area contributed by atoms with Crippen molar-refractivity contribution in [1.82, 2.24) is 0 Å². The summed E-state index contributed by atoms with van der Waals surface area (Å²) < 4.78 is 4.70. The Bertz CT molecular complexity index is 535. The molecule has 2 aromatic rings. The molecule has 0 aliphatic rings. The third-order valence-electron chi connectivity index (χ3n) is 2.85. The fourth-order valence-electron chi connectivity index (χ4n) is 1.88. The summed E-state index contributed by atoms with van der Waals surface area (Å²) in [5, 5.41) is 3.36. The van der Waals surface area contributed by atoms with E-state index in [2.05, 4.69) is 36.5 Å². The molecule has 0 amide bonds. The molecule has 0 aromatic heterocycles. The Labute approximate surface area is 127 Å². The zero-order valence-corrected chi connectivity index (χ0v) is 12.9. The predicted octanol–water partition coefficient (Wildman–Crippen LogP) is 4.31. The molecule has 0 aliphatic heterocycles. The van der Waals surface area contributed by atoms with Gasteiger partial charge in [-0.2, -0.15) is 0 Å². The number of hydrogen-bond acceptors (Lipinski definition) is 3. The van der Waals surface area contributed by atoms with E-state index in [1.54, 1.807) is 0 Å². The van der Waals surface area contributed by atoms with Crippen LogP contribution in [-0.4, -0.2) is 6.47 Å². The van der Waals surface area contributed by atoms with Gasteiger partial charge >= 0.3 is 0 Å². The van der Waals surface area contributed by atoms with E-state index in [0.29, 0.717) is 13.1 Å². The third-order valence-corrected chi connectivity index (χ3v) is 2.85. The predicted molar refractivity (Wildman–Crippen MR) is 87.1 cm³/mol. The summed E-state index contributed by atoms with van der Waals surface area (Å²) in [5.41, 5.74) is 4.55. The summed E-state index contributed by atoms with van der Waals surface area (Å²) >= 11 is 0. The standard InChI is InChI=1S/C16H17NO2.C2H6/c1-13-3-2-4-15(9-13)10-17-16-7-5-14(6-8-16)11-19-12-18;1-2/h2-9,12,17H,10-11H2,1H3;1-2H3. The number of hydrogen-bond donors (Lipinski definition) is 1. The van der Waals surface area contributed by atoms with E-state index in [0.717, 1.165) is 17.8 Å². The summed E-state index contributed by atoms with van der Waals surface area (Å²) in [4.78, 5) is 10.1. The molecule has 0 heterocycles. The Morgan fingerprint density at radius 3 is 2.38 bits per heavy atom. The van der Waals surface area contributed by atoms with Gasteiger partial charge in [0.1, 0.15) is 6.61 Å². The number of carbonyl (C=O) groups is 1. The molecule has 3 heteroatoms. The minimum absolute atomic E-state index is 0.321. The minimum Gasteiger partial charge on any atom is -0.463 e. The van der Waals surface area contributed by atoms with Crippen molar-refractivity contribution >= 4 is 12.2 Å². The van der Waals surface area contributed by atoms with Crippen molar-refractivity contribution in [3.05, 3.63) is 65.2 Å². The van der Waals surface area contributed by atoms with Crippen molar-refractivity contribution in [1.29, 1.82) is 0 Å². The van der Waals surface area contributed by atoms with Crippen LogP contribution in [0.25, 0.3) is 0 Å². The highest BCUT2D eigenvalue weighted by atomic mass is 16.5. The topological polar surface area (TPSA) is 38.3 Å². The van der Waals surface area contributed by atoms with Gasteiger partial charge in [0.05, 0.1) is 0 Å². The van der Waals surface area contributed by atoms with E-state index < -0.39 is 0 Å². The zero-order chi connectivity index (χ0) is 15.5. The van der Waals surface area contributed by atoms with Crippen LogP contribution in [-0.2, 0) is 22.7 Å². The minimum atomic E-state index is 0.321. The van der Waals surface area contributed by atoms with Crippen LogP contribution in [0.5, 0.6) is 0 Å². The lowest BCUT2D eigenvalue weighted by Gasteiger charge is -2.08. The molecule has 21 heavy (non-hydrogen) atoms. The second kappa shape index (κ2) is 9.59. The van der Waals surface area contributed by atoms with Gasteiger partial charge < -0.3 is 10.1 Å². The summed E-state index contributed by atoms with van der Waals surface area (Å²) in [6, 6.07) is 16.3. The highest BCUT2D eigenvalue weighted by molar-refractivity contribution is 5.45. The van der Waals surface area contributed by atoms with E-state index >= 15 is 0 Å². The summed E-state index contributed by atoms with van der Waals surface area (Å²) in [6.45, 7) is 7.67. The van der Waals surface area contributed by atoms with Gasteiger partial charge in [-0.1, -0.05) is 55.8 Å². The van der Waals surface area contributed by atoms with Crippen LogP contribution in [0.1, 0.15) is 30.5 Å². The maximum atomic E-state index is 10.1. The number of ether oxygens (including phenoxy) is 1. The zero-order valence-electron chi connectivity index (χ0n) is 12.9. The molecule has 0 fully saturated rings. The monoisotopic (exact) mass is 285 g/mol. The molecular weight excluding hydrogens is 262 g/mol. The van der Waals surface area contributed by atoms with Gasteiger partial charge in [0.15, 0.2) is 0 Å². The van der Waals surface area contributed by atoms with Crippen LogP contribution in [0.4, 0.5) is 5.69 Å². The van der Waals surface area contributed by atoms with Gasteiger partial charge in [0.2, 0.25) is 0 Å². The van der Waals surface area contributed by atoms with Crippen molar-refractivity contribution in [3.63, 3.8) is 0 Å². The normalized spacial score (nSPS) is 9.29. The van der Waals surface area contributed by atoms with Crippen molar-refractivity contribution in [3.8, 4) is 0 Å². The molecule has 0 saturated heterocycles. The number of nitrogens with one attached hydrogen (secondary N) is 1. The van der Waals surface area contributed by atoms with Crippen LogP contribution >= 0.6 is 0 Å². The van der Waals surface area contributed by atoms with Crippen LogP contribution in [0.3, 0.4) is 0 Å². The molecule has 112 valence electrons. The molecule has 1 N–H and O–H groups in total. The maximum absolute atomic E-state index is 10.1. The number of benzene rings is 2. The molecule has 2 aromatic carbocycles. The molecule has 0 spiro atoms. The Kier molecular flexibility index (Phi) is 7.65. The van der Waals surface area contributed by atoms with Gasteiger partial charge in [-0.15, -0.1) is 0 Å². The lowest BCUT2D eigenvalue weighted by molar-refractivity contribution is -0.129. The lowest BCUT2D eigenvalue weighted by Crippen LogP contribution is -1.99. The lowest BCUT2D eigenvalue weighted by atomic mass is 10.1. The van der Waals surface area contributed by atoms with Crippen LogP contribution in [0, 0.1) is 6.92 Å². The van der Waals surface area contributed by atoms with Crippen molar-refractivity contribution in [2.45, 2.75) is 33.9 Å². The van der Waals surface area contributed by atoms with Crippen molar-refractivity contribution in [2.75, 3.05) is 5.32 Å². The van der Waals surface area contributed by atoms with Gasteiger partial charge in [0.25, 0.3) is 6.47 Å². The fraction of sp³-hybridized carbons (Fsp3) is 0.278. The average Bonchev–Trinajstić information content (AvgIpc) is 2.54. The molecule has 3 nitrogen and oxygen atoms in total. The van der Waals surface area contributed by atoms with E-state index in [1.807, 2.05) is 38.1 Å². The molecule has 0 atom stereocenters. The maximum Gasteiger partial charge on any atom is 0.293 e. The number of carbonyl (C=O) groups excluding carboxylic acids is 1. The average molecular weight is 285 g/mol. The molecule has 0 saturated carbocycles. The van der Waals surface area contributed by atoms with Gasteiger partial charge in [-0.3, -0.25) is 4.79 Å². The van der Waals surface area contributed by atoms with Gasteiger partial charge in [-0.25, -0.2) is 0 Å². The Morgan fingerprint density at radius 2 is 1.76 bits per heavy atom. The SMILES string of the molecule is CC.Cc1cccc(CNc2ccc(COC=O)cc2)c1. The Balaban J connectivity index is 0.00000106. The summed E-state index contributed by atoms with van der Waals surface area (Å²) in [7, 11) is 0. The molecule has 0 aliphatic carbocycles. The summed E-state index contributed by atoms with van der Waals surface area (Å²) in [5.74, 6) is 0. The number of rotatable bonds is 6.